The van der Waals surface area contributed by atoms with E-state index >= 15 is 0 Å². The zero-order valence-corrected chi connectivity index (χ0v) is 9.55. The highest BCUT2D eigenvalue weighted by Gasteiger charge is 2.42. The molecule has 0 amide bonds. The maximum Gasteiger partial charge on any atom is 0.392 e. The van der Waals surface area contributed by atoms with Crippen molar-refractivity contribution in [2.24, 2.45) is 5.92 Å². The highest BCUT2D eigenvalue weighted by atomic mass is 19.4. The van der Waals surface area contributed by atoms with Crippen molar-refractivity contribution in [2.75, 3.05) is 13.2 Å². The molecule has 0 spiro atoms. The lowest BCUT2D eigenvalue weighted by Crippen LogP contribution is -2.37. The van der Waals surface area contributed by atoms with Crippen LogP contribution in [-0.2, 0) is 14.3 Å². The molecule has 2 atom stereocenters. The van der Waals surface area contributed by atoms with Gasteiger partial charge in [-0.15, -0.1) is 0 Å². The quantitative estimate of drug-likeness (QED) is 0.571. The third-order valence-electron chi connectivity index (χ3n) is 2.58. The van der Waals surface area contributed by atoms with E-state index in [1.54, 1.807) is 0 Å². The fourth-order valence-corrected chi connectivity index (χ4v) is 1.59. The van der Waals surface area contributed by atoms with Crippen molar-refractivity contribution in [1.29, 1.82) is 0 Å². The molecule has 17 heavy (non-hydrogen) atoms. The van der Waals surface area contributed by atoms with Gasteiger partial charge in [-0.3, -0.25) is 0 Å². The van der Waals surface area contributed by atoms with Gasteiger partial charge >= 0.3 is 12.1 Å². The van der Waals surface area contributed by atoms with Crippen LogP contribution in [0.25, 0.3) is 0 Å². The molecule has 0 aromatic heterocycles. The summed E-state index contributed by atoms with van der Waals surface area (Å²) in [6.07, 6.45) is -5.08. The maximum absolute atomic E-state index is 12.5. The highest BCUT2D eigenvalue weighted by Crippen LogP contribution is 2.35. The van der Waals surface area contributed by atoms with Crippen molar-refractivity contribution >= 4 is 5.97 Å². The fourth-order valence-electron chi connectivity index (χ4n) is 1.59. The number of hydrogen-bond donors (Lipinski definition) is 0. The van der Waals surface area contributed by atoms with E-state index in [-0.39, 0.29) is 31.6 Å². The first-order chi connectivity index (χ1) is 7.80. The molecule has 0 bridgehead atoms. The third kappa shape index (κ3) is 4.38. The number of ether oxygens (including phenoxy) is 2. The summed E-state index contributed by atoms with van der Waals surface area (Å²) in [6, 6.07) is 0. The molecule has 1 aliphatic rings. The lowest BCUT2D eigenvalue weighted by Gasteiger charge is -2.30. The van der Waals surface area contributed by atoms with Crippen molar-refractivity contribution in [2.45, 2.75) is 32.0 Å². The molecule has 1 heterocycles. The van der Waals surface area contributed by atoms with Crippen LogP contribution < -0.4 is 0 Å². The first kappa shape index (κ1) is 14.0. The van der Waals surface area contributed by atoms with Crippen molar-refractivity contribution in [3.63, 3.8) is 0 Å². The van der Waals surface area contributed by atoms with Crippen LogP contribution in [0.2, 0.25) is 0 Å². The van der Waals surface area contributed by atoms with E-state index in [1.807, 2.05) is 0 Å². The van der Waals surface area contributed by atoms with Crippen molar-refractivity contribution < 1.29 is 27.4 Å². The molecule has 0 N–H and O–H groups in total. The standard InChI is InChI=1S/C11H15F3O3/c1-7(2)10(15)17-6-9-5-8(3-4-16-9)11(12,13)14/h8-9H,1,3-6H2,2H3. The van der Waals surface area contributed by atoms with Gasteiger partial charge in [-0.25, -0.2) is 4.79 Å². The second kappa shape index (κ2) is 5.53. The Balaban J connectivity index is 2.40. The summed E-state index contributed by atoms with van der Waals surface area (Å²) < 4.78 is 47.3. The van der Waals surface area contributed by atoms with Gasteiger partial charge in [0.2, 0.25) is 0 Å². The van der Waals surface area contributed by atoms with E-state index in [9.17, 15) is 18.0 Å². The van der Waals surface area contributed by atoms with Crippen molar-refractivity contribution in [3.8, 4) is 0 Å². The van der Waals surface area contributed by atoms with Gasteiger partial charge in [0.25, 0.3) is 0 Å². The SMILES string of the molecule is C=C(C)C(=O)OCC1CC(C(F)(F)F)CCO1. The molecule has 1 saturated heterocycles. The van der Waals surface area contributed by atoms with E-state index in [2.05, 4.69) is 6.58 Å². The minimum Gasteiger partial charge on any atom is -0.460 e. The lowest BCUT2D eigenvalue weighted by molar-refractivity contribution is -0.205. The zero-order chi connectivity index (χ0) is 13.1. The van der Waals surface area contributed by atoms with Crippen molar-refractivity contribution in [1.82, 2.24) is 0 Å². The molecule has 6 heteroatoms. The van der Waals surface area contributed by atoms with Crippen LogP contribution in [0, 0.1) is 5.92 Å². The van der Waals surface area contributed by atoms with Gasteiger partial charge in [-0.1, -0.05) is 6.58 Å². The summed E-state index contributed by atoms with van der Waals surface area (Å²) >= 11 is 0. The Bertz CT molecular complexity index is 299. The minimum atomic E-state index is -4.21. The molecule has 0 aliphatic carbocycles. The molecule has 1 rings (SSSR count). The van der Waals surface area contributed by atoms with Crippen LogP contribution >= 0.6 is 0 Å². The van der Waals surface area contributed by atoms with E-state index in [1.165, 1.54) is 6.92 Å². The Morgan fingerprint density at radius 3 is 2.71 bits per heavy atom. The van der Waals surface area contributed by atoms with E-state index in [4.69, 9.17) is 9.47 Å². The van der Waals surface area contributed by atoms with Crippen LogP contribution in [0.4, 0.5) is 13.2 Å². The Kier molecular flexibility index (Phi) is 4.56. The van der Waals surface area contributed by atoms with Gasteiger partial charge in [0.05, 0.1) is 12.0 Å². The average Bonchev–Trinajstić information content (AvgIpc) is 2.25. The molecule has 0 aromatic carbocycles. The lowest BCUT2D eigenvalue weighted by atomic mass is 9.95. The number of esters is 1. The second-order valence-electron chi connectivity index (χ2n) is 4.13. The number of carbonyl (C=O) groups is 1. The van der Waals surface area contributed by atoms with E-state index in [0.29, 0.717) is 0 Å². The smallest absolute Gasteiger partial charge is 0.392 e. The summed E-state index contributed by atoms with van der Waals surface area (Å²) in [7, 11) is 0. The number of rotatable bonds is 3. The fraction of sp³-hybridized carbons (Fsp3) is 0.727. The molecule has 1 aliphatic heterocycles. The summed E-state index contributed by atoms with van der Waals surface area (Å²) in [6.45, 7) is 4.74. The number of hydrogen-bond acceptors (Lipinski definition) is 3. The van der Waals surface area contributed by atoms with Crippen LogP contribution in [-0.4, -0.2) is 31.5 Å². The highest BCUT2D eigenvalue weighted by molar-refractivity contribution is 5.86. The molecule has 1 fully saturated rings. The number of halogens is 3. The summed E-state index contributed by atoms with van der Waals surface area (Å²) in [4.78, 5) is 11.1. The van der Waals surface area contributed by atoms with Gasteiger partial charge in [0, 0.05) is 12.2 Å². The summed E-state index contributed by atoms with van der Waals surface area (Å²) in [5.74, 6) is -1.98. The average molecular weight is 252 g/mol. The number of carbonyl (C=O) groups excluding carboxylic acids is 1. The normalized spacial score (nSPS) is 25.4. The Labute approximate surface area is 97.6 Å². The Morgan fingerprint density at radius 2 is 2.18 bits per heavy atom. The number of alkyl halides is 3. The van der Waals surface area contributed by atoms with Gasteiger partial charge < -0.3 is 9.47 Å². The van der Waals surface area contributed by atoms with Crippen LogP contribution in [0.15, 0.2) is 12.2 Å². The zero-order valence-electron chi connectivity index (χ0n) is 9.55. The predicted molar refractivity (Wildman–Crippen MR) is 54.3 cm³/mol. The topological polar surface area (TPSA) is 35.5 Å². The van der Waals surface area contributed by atoms with Gasteiger partial charge in [0.1, 0.15) is 6.61 Å². The molecule has 0 radical (unpaired) electrons. The summed E-state index contributed by atoms with van der Waals surface area (Å²) in [5, 5.41) is 0. The molecule has 0 saturated carbocycles. The maximum atomic E-state index is 12.5. The van der Waals surface area contributed by atoms with Gasteiger partial charge in [0.15, 0.2) is 0 Å². The predicted octanol–water partition coefficient (Wildman–Crippen LogP) is 2.46. The van der Waals surface area contributed by atoms with Crippen LogP contribution in [0.3, 0.4) is 0 Å². The second-order valence-corrected chi connectivity index (χ2v) is 4.13. The van der Waals surface area contributed by atoms with Crippen LogP contribution in [0.5, 0.6) is 0 Å². The van der Waals surface area contributed by atoms with Crippen LogP contribution in [0.1, 0.15) is 19.8 Å². The van der Waals surface area contributed by atoms with E-state index in [0.717, 1.165) is 0 Å². The van der Waals surface area contributed by atoms with E-state index < -0.39 is 24.2 Å². The Hall–Kier alpha value is -1.04. The molecule has 98 valence electrons. The Morgan fingerprint density at radius 1 is 1.53 bits per heavy atom. The minimum absolute atomic E-state index is 0.0333. The molecular formula is C11H15F3O3. The molecule has 2 unspecified atom stereocenters. The largest absolute Gasteiger partial charge is 0.460 e. The first-order valence-electron chi connectivity index (χ1n) is 5.31. The molecule has 0 aromatic rings. The molecular weight excluding hydrogens is 237 g/mol. The summed E-state index contributed by atoms with van der Waals surface area (Å²) in [5.41, 5.74) is 0.216. The third-order valence-corrected chi connectivity index (χ3v) is 2.58. The van der Waals surface area contributed by atoms with Gasteiger partial charge in [-0.2, -0.15) is 13.2 Å². The molecule has 3 nitrogen and oxygen atoms in total. The van der Waals surface area contributed by atoms with Crippen molar-refractivity contribution in [3.05, 3.63) is 12.2 Å². The monoisotopic (exact) mass is 252 g/mol. The first-order valence-corrected chi connectivity index (χ1v) is 5.31. The van der Waals surface area contributed by atoms with Gasteiger partial charge in [-0.05, 0) is 19.8 Å².